The molecule has 0 spiro atoms. The number of anilines is 3. The highest BCUT2D eigenvalue weighted by Crippen LogP contribution is 2.23. The highest BCUT2D eigenvalue weighted by Gasteiger charge is 2.08. The first-order valence-electron chi connectivity index (χ1n) is 8.29. The van der Waals surface area contributed by atoms with Gasteiger partial charge >= 0.3 is 0 Å². The molecule has 3 aromatic rings. The van der Waals surface area contributed by atoms with Crippen molar-refractivity contribution < 1.29 is 9.90 Å². The summed E-state index contributed by atoms with van der Waals surface area (Å²) in [4.78, 5) is 19.9. The van der Waals surface area contributed by atoms with Crippen LogP contribution >= 0.6 is 11.8 Å². The van der Waals surface area contributed by atoms with Gasteiger partial charge in [-0.15, -0.1) is 0 Å². The number of amides is 1. The number of aryl methyl sites for hydroxylation is 1. The maximum atomic E-state index is 11.1. The molecule has 2 aromatic heterocycles. The molecule has 0 unspecified atom stereocenters. The van der Waals surface area contributed by atoms with Crippen LogP contribution in [0, 0.1) is 6.92 Å². The first-order chi connectivity index (χ1) is 13.0. The average Bonchev–Trinajstić information content (AvgIpc) is 3.05. The van der Waals surface area contributed by atoms with E-state index in [0.717, 1.165) is 16.9 Å². The SMILES string of the molecule is CC(=O)Nc1ccc(CSc2nc(CO)cc(Nc3cc(C)[nH]n3)n2)cc1. The van der Waals surface area contributed by atoms with Crippen LogP contribution in [0.25, 0.3) is 0 Å². The number of aliphatic hydroxyl groups excluding tert-OH is 1. The van der Waals surface area contributed by atoms with Crippen molar-refractivity contribution in [3.05, 3.63) is 53.3 Å². The highest BCUT2D eigenvalue weighted by molar-refractivity contribution is 7.98. The number of nitrogens with zero attached hydrogens (tertiary/aromatic N) is 3. The number of nitrogens with one attached hydrogen (secondary N) is 3. The Labute approximate surface area is 160 Å². The number of aliphatic hydroxyl groups is 1. The number of thioether (sulfide) groups is 1. The van der Waals surface area contributed by atoms with Gasteiger partial charge in [0.2, 0.25) is 5.91 Å². The fourth-order valence-corrected chi connectivity index (χ4v) is 3.16. The van der Waals surface area contributed by atoms with E-state index in [0.29, 0.717) is 28.2 Å². The van der Waals surface area contributed by atoms with Gasteiger partial charge in [-0.05, 0) is 24.6 Å². The standard InChI is InChI=1S/C18H20N6O2S/c1-11-7-17(24-23-11)21-16-8-15(9-25)20-18(22-16)27-10-13-3-5-14(6-4-13)19-12(2)26/h3-8,25H,9-10H2,1-2H3,(H,19,26)(H2,20,21,22,23,24). The van der Waals surface area contributed by atoms with E-state index < -0.39 is 0 Å². The van der Waals surface area contributed by atoms with Gasteiger partial charge in [0, 0.05) is 36.2 Å². The quantitative estimate of drug-likeness (QED) is 0.365. The van der Waals surface area contributed by atoms with Crippen LogP contribution in [0.4, 0.5) is 17.3 Å². The van der Waals surface area contributed by atoms with Crippen molar-refractivity contribution in [3.8, 4) is 0 Å². The maximum Gasteiger partial charge on any atom is 0.221 e. The summed E-state index contributed by atoms with van der Waals surface area (Å²) in [6, 6.07) is 11.2. The fraction of sp³-hybridized carbons (Fsp3) is 0.222. The Kier molecular flexibility index (Phi) is 6.05. The van der Waals surface area contributed by atoms with Crippen LogP contribution in [0.3, 0.4) is 0 Å². The molecule has 8 nitrogen and oxygen atoms in total. The topological polar surface area (TPSA) is 116 Å². The molecule has 0 aliphatic carbocycles. The van der Waals surface area contributed by atoms with Crippen LogP contribution in [0.2, 0.25) is 0 Å². The molecule has 140 valence electrons. The van der Waals surface area contributed by atoms with Gasteiger partial charge < -0.3 is 15.7 Å². The van der Waals surface area contributed by atoms with Crippen molar-refractivity contribution in [1.29, 1.82) is 0 Å². The van der Waals surface area contributed by atoms with Crippen molar-refractivity contribution in [1.82, 2.24) is 20.2 Å². The van der Waals surface area contributed by atoms with E-state index in [-0.39, 0.29) is 12.5 Å². The average molecular weight is 384 g/mol. The number of rotatable bonds is 7. The van der Waals surface area contributed by atoms with E-state index in [1.54, 1.807) is 6.07 Å². The van der Waals surface area contributed by atoms with Gasteiger partial charge in [0.05, 0.1) is 12.3 Å². The molecule has 2 heterocycles. The van der Waals surface area contributed by atoms with Crippen molar-refractivity contribution in [3.63, 3.8) is 0 Å². The molecule has 4 N–H and O–H groups in total. The number of aromatic nitrogens is 4. The summed E-state index contributed by atoms with van der Waals surface area (Å²) >= 11 is 1.46. The molecule has 0 radical (unpaired) electrons. The Morgan fingerprint density at radius 2 is 1.96 bits per heavy atom. The van der Waals surface area contributed by atoms with Crippen LogP contribution in [-0.2, 0) is 17.2 Å². The number of carbonyl (C=O) groups is 1. The molecule has 3 rings (SSSR count). The summed E-state index contributed by atoms with van der Waals surface area (Å²) in [5.74, 6) is 1.79. The van der Waals surface area contributed by atoms with E-state index in [1.807, 2.05) is 37.3 Å². The molecule has 0 fully saturated rings. The molecule has 0 bridgehead atoms. The highest BCUT2D eigenvalue weighted by atomic mass is 32.2. The monoisotopic (exact) mass is 384 g/mol. The molecule has 0 aliphatic heterocycles. The second kappa shape index (κ2) is 8.65. The van der Waals surface area contributed by atoms with Crippen LogP contribution in [0.1, 0.15) is 23.9 Å². The minimum Gasteiger partial charge on any atom is -0.390 e. The number of carbonyl (C=O) groups excluding carboxylic acids is 1. The van der Waals surface area contributed by atoms with Crippen molar-refractivity contribution in [2.24, 2.45) is 0 Å². The molecular formula is C18H20N6O2S. The molecule has 1 aromatic carbocycles. The zero-order valence-electron chi connectivity index (χ0n) is 15.0. The molecule has 0 atom stereocenters. The lowest BCUT2D eigenvalue weighted by Crippen LogP contribution is -2.05. The molecule has 1 amide bonds. The number of hydrogen-bond acceptors (Lipinski definition) is 7. The van der Waals surface area contributed by atoms with Gasteiger partial charge in [-0.3, -0.25) is 9.89 Å². The normalized spacial score (nSPS) is 10.6. The molecule has 27 heavy (non-hydrogen) atoms. The van der Waals surface area contributed by atoms with Crippen LogP contribution in [0.15, 0.2) is 41.6 Å². The van der Waals surface area contributed by atoms with E-state index in [2.05, 4.69) is 30.8 Å². The third kappa shape index (κ3) is 5.53. The Bertz CT molecular complexity index is 926. The van der Waals surface area contributed by atoms with E-state index in [9.17, 15) is 9.90 Å². The minimum atomic E-state index is -0.171. The smallest absolute Gasteiger partial charge is 0.221 e. The van der Waals surface area contributed by atoms with Gasteiger partial charge in [-0.2, -0.15) is 5.10 Å². The van der Waals surface area contributed by atoms with Gasteiger partial charge in [0.25, 0.3) is 0 Å². The first kappa shape index (κ1) is 18.9. The lowest BCUT2D eigenvalue weighted by molar-refractivity contribution is -0.114. The number of benzene rings is 1. The van der Waals surface area contributed by atoms with Crippen LogP contribution in [0.5, 0.6) is 0 Å². The van der Waals surface area contributed by atoms with Crippen molar-refractivity contribution >= 4 is 35.0 Å². The van der Waals surface area contributed by atoms with E-state index in [4.69, 9.17) is 0 Å². The number of hydrogen-bond donors (Lipinski definition) is 4. The first-order valence-corrected chi connectivity index (χ1v) is 9.27. The van der Waals surface area contributed by atoms with Crippen molar-refractivity contribution in [2.45, 2.75) is 31.4 Å². The summed E-state index contributed by atoms with van der Waals surface area (Å²) in [6.07, 6.45) is 0. The Balaban J connectivity index is 1.68. The Hall–Kier alpha value is -2.91. The molecule has 0 aliphatic rings. The lowest BCUT2D eigenvalue weighted by Gasteiger charge is -2.08. The Morgan fingerprint density at radius 3 is 2.59 bits per heavy atom. The van der Waals surface area contributed by atoms with Crippen LogP contribution < -0.4 is 10.6 Å². The van der Waals surface area contributed by atoms with Gasteiger partial charge in [-0.1, -0.05) is 23.9 Å². The predicted octanol–water partition coefficient (Wildman–Crippen LogP) is 2.99. The minimum absolute atomic E-state index is 0.0986. The Morgan fingerprint density at radius 1 is 1.19 bits per heavy atom. The lowest BCUT2D eigenvalue weighted by atomic mass is 10.2. The third-order valence-corrected chi connectivity index (χ3v) is 4.44. The molecule has 0 saturated heterocycles. The van der Waals surface area contributed by atoms with E-state index >= 15 is 0 Å². The molecule has 9 heteroatoms. The van der Waals surface area contributed by atoms with Gasteiger partial charge in [-0.25, -0.2) is 9.97 Å². The molecule has 0 saturated carbocycles. The summed E-state index contributed by atoms with van der Waals surface area (Å²) in [6.45, 7) is 3.22. The number of aromatic amines is 1. The van der Waals surface area contributed by atoms with Crippen LogP contribution in [-0.4, -0.2) is 31.2 Å². The van der Waals surface area contributed by atoms with Crippen molar-refractivity contribution in [2.75, 3.05) is 10.6 Å². The summed E-state index contributed by atoms with van der Waals surface area (Å²) in [5, 5.41) is 22.8. The zero-order valence-corrected chi connectivity index (χ0v) is 15.8. The second-order valence-electron chi connectivity index (χ2n) is 5.91. The van der Waals surface area contributed by atoms with E-state index in [1.165, 1.54) is 18.7 Å². The summed E-state index contributed by atoms with van der Waals surface area (Å²) < 4.78 is 0. The third-order valence-electron chi connectivity index (χ3n) is 3.52. The maximum absolute atomic E-state index is 11.1. The second-order valence-corrected chi connectivity index (χ2v) is 6.86. The fourth-order valence-electron chi connectivity index (χ4n) is 2.33. The zero-order chi connectivity index (χ0) is 19.2. The van der Waals surface area contributed by atoms with Gasteiger partial charge in [0.1, 0.15) is 5.82 Å². The predicted molar refractivity (Wildman–Crippen MR) is 105 cm³/mol. The number of H-pyrrole nitrogens is 1. The summed E-state index contributed by atoms with van der Waals surface area (Å²) in [5.41, 5.74) is 3.30. The largest absolute Gasteiger partial charge is 0.390 e. The van der Waals surface area contributed by atoms with Gasteiger partial charge in [0.15, 0.2) is 11.0 Å². The summed E-state index contributed by atoms with van der Waals surface area (Å²) in [7, 11) is 0. The molecular weight excluding hydrogens is 364 g/mol.